The lowest BCUT2D eigenvalue weighted by molar-refractivity contribution is 0.0623. The van der Waals surface area contributed by atoms with E-state index in [4.69, 9.17) is 9.84 Å². The van der Waals surface area contributed by atoms with Crippen molar-refractivity contribution < 1.29 is 19.4 Å². The van der Waals surface area contributed by atoms with E-state index in [1.54, 1.807) is 0 Å². The highest BCUT2D eigenvalue weighted by molar-refractivity contribution is 7.11. The molecule has 1 fully saturated rings. The molecule has 17 heavy (non-hydrogen) atoms. The maximum atomic E-state index is 11.7. The summed E-state index contributed by atoms with van der Waals surface area (Å²) < 4.78 is 5.24. The third kappa shape index (κ3) is 3.01. The van der Waals surface area contributed by atoms with Crippen LogP contribution in [0.15, 0.2) is 5.38 Å². The van der Waals surface area contributed by atoms with Gasteiger partial charge in [0.05, 0.1) is 12.6 Å². The van der Waals surface area contributed by atoms with Gasteiger partial charge in [-0.3, -0.25) is 4.79 Å². The molecule has 6 nitrogen and oxygen atoms in total. The number of aromatic carboxylic acids is 1. The number of ether oxygens (including phenoxy) is 1. The standard InChI is InChI=1S/C10H12N2O4S/c13-8(11-6-2-1-3-16-4-6)9-12-7(5-17-9)10(14)15/h5-6H,1-4H2,(H,11,13)(H,14,15). The Morgan fingerprint density at radius 1 is 1.59 bits per heavy atom. The number of carbonyl (C=O) groups excluding carboxylic acids is 1. The molecule has 1 unspecified atom stereocenters. The first-order chi connectivity index (χ1) is 8.16. The van der Waals surface area contributed by atoms with Gasteiger partial charge in [-0.2, -0.15) is 0 Å². The number of amides is 1. The SMILES string of the molecule is O=C(O)c1csc(C(=O)NC2CCCOC2)n1. The predicted molar refractivity (Wildman–Crippen MR) is 60.4 cm³/mol. The molecule has 0 bridgehead atoms. The summed E-state index contributed by atoms with van der Waals surface area (Å²) in [6, 6.07) is -0.00609. The molecule has 0 aromatic carbocycles. The van der Waals surface area contributed by atoms with E-state index in [0.717, 1.165) is 30.8 Å². The lowest BCUT2D eigenvalue weighted by atomic mass is 10.1. The van der Waals surface area contributed by atoms with Crippen LogP contribution in [0.1, 0.15) is 33.1 Å². The molecule has 0 saturated carbocycles. The Labute approximate surface area is 102 Å². The zero-order valence-electron chi connectivity index (χ0n) is 9.01. The van der Waals surface area contributed by atoms with Crippen molar-refractivity contribution in [3.05, 3.63) is 16.1 Å². The normalized spacial score (nSPS) is 19.9. The number of hydrogen-bond donors (Lipinski definition) is 2. The molecule has 1 atom stereocenters. The van der Waals surface area contributed by atoms with Crippen molar-refractivity contribution in [3.8, 4) is 0 Å². The number of nitrogens with one attached hydrogen (secondary N) is 1. The lowest BCUT2D eigenvalue weighted by Gasteiger charge is -2.22. The molecular weight excluding hydrogens is 244 g/mol. The Morgan fingerprint density at radius 2 is 2.41 bits per heavy atom. The van der Waals surface area contributed by atoms with Crippen LogP contribution in [0.2, 0.25) is 0 Å². The molecule has 1 aromatic rings. The summed E-state index contributed by atoms with van der Waals surface area (Å²) in [4.78, 5) is 26.1. The number of thiazole rings is 1. The second-order valence-electron chi connectivity index (χ2n) is 3.73. The molecule has 1 aliphatic rings. The number of rotatable bonds is 3. The van der Waals surface area contributed by atoms with Crippen LogP contribution in [0.3, 0.4) is 0 Å². The lowest BCUT2D eigenvalue weighted by Crippen LogP contribution is -2.40. The maximum Gasteiger partial charge on any atom is 0.355 e. The van der Waals surface area contributed by atoms with Gasteiger partial charge in [0.15, 0.2) is 10.7 Å². The summed E-state index contributed by atoms with van der Waals surface area (Å²) in [5, 5.41) is 13.0. The Morgan fingerprint density at radius 3 is 3.00 bits per heavy atom. The van der Waals surface area contributed by atoms with Crippen LogP contribution in [0.4, 0.5) is 0 Å². The minimum atomic E-state index is -1.12. The number of nitrogens with zero attached hydrogens (tertiary/aromatic N) is 1. The summed E-state index contributed by atoms with van der Waals surface area (Å²) in [7, 11) is 0. The zero-order valence-corrected chi connectivity index (χ0v) is 9.83. The van der Waals surface area contributed by atoms with E-state index in [1.807, 2.05) is 0 Å². The first kappa shape index (κ1) is 12.0. The molecule has 1 amide bonds. The van der Waals surface area contributed by atoms with Crippen LogP contribution in [0, 0.1) is 0 Å². The fourth-order valence-corrected chi connectivity index (χ4v) is 2.27. The topological polar surface area (TPSA) is 88.5 Å². The van der Waals surface area contributed by atoms with E-state index in [-0.39, 0.29) is 22.7 Å². The Bertz CT molecular complexity index is 426. The van der Waals surface area contributed by atoms with Crippen LogP contribution in [-0.4, -0.2) is 41.2 Å². The van der Waals surface area contributed by atoms with E-state index in [1.165, 1.54) is 5.38 Å². The predicted octanol–water partition coefficient (Wildman–Crippen LogP) is 0.750. The van der Waals surface area contributed by atoms with E-state index in [0.29, 0.717) is 6.61 Å². The molecule has 7 heteroatoms. The van der Waals surface area contributed by atoms with Crippen LogP contribution in [-0.2, 0) is 4.74 Å². The number of aromatic nitrogens is 1. The van der Waals surface area contributed by atoms with Gasteiger partial charge < -0.3 is 15.2 Å². The van der Waals surface area contributed by atoms with Gasteiger partial charge in [-0.15, -0.1) is 11.3 Å². The monoisotopic (exact) mass is 256 g/mol. The van der Waals surface area contributed by atoms with Gasteiger partial charge in [-0.1, -0.05) is 0 Å². The second-order valence-corrected chi connectivity index (χ2v) is 4.59. The quantitative estimate of drug-likeness (QED) is 0.833. The number of hydrogen-bond acceptors (Lipinski definition) is 5. The average Bonchev–Trinajstić information content (AvgIpc) is 2.79. The molecule has 0 spiro atoms. The number of carbonyl (C=O) groups is 2. The highest BCUT2D eigenvalue weighted by atomic mass is 32.1. The molecule has 2 rings (SSSR count). The average molecular weight is 256 g/mol. The van der Waals surface area contributed by atoms with Crippen molar-refractivity contribution in [2.45, 2.75) is 18.9 Å². The summed E-state index contributed by atoms with van der Waals surface area (Å²) >= 11 is 1.03. The van der Waals surface area contributed by atoms with E-state index >= 15 is 0 Å². The molecule has 2 N–H and O–H groups in total. The van der Waals surface area contributed by atoms with Crippen LogP contribution >= 0.6 is 11.3 Å². The molecule has 92 valence electrons. The smallest absolute Gasteiger partial charge is 0.355 e. The maximum absolute atomic E-state index is 11.7. The molecule has 1 saturated heterocycles. The third-order valence-corrected chi connectivity index (χ3v) is 3.25. The van der Waals surface area contributed by atoms with E-state index < -0.39 is 5.97 Å². The van der Waals surface area contributed by atoms with Gasteiger partial charge in [0.25, 0.3) is 5.91 Å². The first-order valence-electron chi connectivity index (χ1n) is 5.24. The van der Waals surface area contributed by atoms with Gasteiger partial charge in [-0.25, -0.2) is 9.78 Å². The number of carboxylic acids is 1. The summed E-state index contributed by atoms with van der Waals surface area (Å²) in [5.41, 5.74) is -0.0972. The highest BCUT2D eigenvalue weighted by Crippen LogP contribution is 2.11. The Hall–Kier alpha value is -1.47. The van der Waals surface area contributed by atoms with Gasteiger partial charge in [0.1, 0.15) is 0 Å². The molecule has 0 radical (unpaired) electrons. The minimum absolute atomic E-state index is 0.00609. The van der Waals surface area contributed by atoms with E-state index in [9.17, 15) is 9.59 Å². The Balaban J connectivity index is 1.96. The van der Waals surface area contributed by atoms with E-state index in [2.05, 4.69) is 10.3 Å². The highest BCUT2D eigenvalue weighted by Gasteiger charge is 2.20. The zero-order chi connectivity index (χ0) is 12.3. The molecular formula is C10H12N2O4S. The van der Waals surface area contributed by atoms with Crippen molar-refractivity contribution in [2.75, 3.05) is 13.2 Å². The van der Waals surface area contributed by atoms with Crippen molar-refractivity contribution in [2.24, 2.45) is 0 Å². The van der Waals surface area contributed by atoms with Crippen LogP contribution < -0.4 is 5.32 Å². The Kier molecular flexibility index (Phi) is 3.70. The third-order valence-electron chi connectivity index (χ3n) is 2.41. The first-order valence-corrected chi connectivity index (χ1v) is 6.12. The second kappa shape index (κ2) is 5.24. The minimum Gasteiger partial charge on any atom is -0.476 e. The molecule has 1 aromatic heterocycles. The van der Waals surface area contributed by atoms with Crippen LogP contribution in [0.25, 0.3) is 0 Å². The fourth-order valence-electron chi connectivity index (χ4n) is 1.58. The molecule has 0 aliphatic carbocycles. The number of carboxylic acid groups (broad SMARTS) is 1. The van der Waals surface area contributed by atoms with Gasteiger partial charge >= 0.3 is 5.97 Å². The molecule has 1 aliphatic heterocycles. The summed E-state index contributed by atoms with van der Waals surface area (Å²) in [6.07, 6.45) is 1.80. The molecule has 2 heterocycles. The van der Waals surface area contributed by atoms with Crippen LogP contribution in [0.5, 0.6) is 0 Å². The van der Waals surface area contributed by atoms with Crippen molar-refractivity contribution in [1.82, 2.24) is 10.3 Å². The largest absolute Gasteiger partial charge is 0.476 e. The van der Waals surface area contributed by atoms with Gasteiger partial charge in [0.2, 0.25) is 0 Å². The summed E-state index contributed by atoms with van der Waals surface area (Å²) in [6.45, 7) is 1.23. The van der Waals surface area contributed by atoms with Crippen molar-refractivity contribution in [1.29, 1.82) is 0 Å². The van der Waals surface area contributed by atoms with Crippen molar-refractivity contribution in [3.63, 3.8) is 0 Å². The van der Waals surface area contributed by atoms with Crippen molar-refractivity contribution >= 4 is 23.2 Å². The summed E-state index contributed by atoms with van der Waals surface area (Å²) in [5.74, 6) is -1.46. The fraction of sp³-hybridized carbons (Fsp3) is 0.500. The van der Waals surface area contributed by atoms with Gasteiger partial charge in [0, 0.05) is 12.0 Å². The van der Waals surface area contributed by atoms with Gasteiger partial charge in [-0.05, 0) is 12.8 Å².